The Morgan fingerprint density at radius 3 is 2.53 bits per heavy atom. The second-order valence-electron chi connectivity index (χ2n) is 3.97. The average molecular weight is 271 g/mol. The van der Waals surface area contributed by atoms with Gasteiger partial charge in [0.1, 0.15) is 5.75 Å². The summed E-state index contributed by atoms with van der Waals surface area (Å²) in [6, 6.07) is 15.8. The standard InChI is InChI=1S/C14H13N3OS/c1-18-11-8-6-10(7-9-11)16-17-14-15-12-4-2-3-5-13(12)19-14/h2-9,16H,1H3,(H,15,17). The van der Waals surface area contributed by atoms with Crippen LogP contribution in [-0.2, 0) is 0 Å². The van der Waals surface area contributed by atoms with Gasteiger partial charge in [-0.05, 0) is 36.4 Å². The molecule has 4 nitrogen and oxygen atoms in total. The van der Waals surface area contributed by atoms with Crippen molar-refractivity contribution in [2.45, 2.75) is 0 Å². The smallest absolute Gasteiger partial charge is 0.202 e. The van der Waals surface area contributed by atoms with Crippen molar-refractivity contribution < 1.29 is 4.74 Å². The molecule has 2 N–H and O–H groups in total. The SMILES string of the molecule is COc1ccc(NNc2nc3ccccc3s2)cc1. The Bertz CT molecular complexity index is 645. The third kappa shape index (κ3) is 2.61. The molecule has 1 aromatic heterocycles. The molecule has 0 aliphatic carbocycles. The van der Waals surface area contributed by atoms with Gasteiger partial charge in [-0.15, -0.1) is 0 Å². The van der Waals surface area contributed by atoms with Crippen LogP contribution in [0.5, 0.6) is 5.75 Å². The highest BCUT2D eigenvalue weighted by atomic mass is 32.1. The number of para-hydroxylation sites is 1. The van der Waals surface area contributed by atoms with Gasteiger partial charge in [-0.25, -0.2) is 4.98 Å². The van der Waals surface area contributed by atoms with Crippen molar-refractivity contribution in [3.63, 3.8) is 0 Å². The second kappa shape index (κ2) is 5.16. The first-order valence-corrected chi connectivity index (χ1v) is 6.68. The summed E-state index contributed by atoms with van der Waals surface area (Å²) in [4.78, 5) is 4.48. The number of rotatable bonds is 4. The van der Waals surface area contributed by atoms with Gasteiger partial charge in [0.25, 0.3) is 0 Å². The molecule has 0 aliphatic heterocycles. The van der Waals surface area contributed by atoms with Crippen molar-refractivity contribution in [2.75, 3.05) is 18.0 Å². The number of hydrogen-bond donors (Lipinski definition) is 2. The highest BCUT2D eigenvalue weighted by Gasteiger charge is 2.01. The number of hydrogen-bond acceptors (Lipinski definition) is 5. The van der Waals surface area contributed by atoms with Crippen molar-refractivity contribution in [1.82, 2.24) is 4.98 Å². The minimum absolute atomic E-state index is 0.838. The van der Waals surface area contributed by atoms with Crippen LogP contribution in [0.25, 0.3) is 10.2 Å². The van der Waals surface area contributed by atoms with E-state index in [1.165, 1.54) is 4.70 Å². The fourth-order valence-electron chi connectivity index (χ4n) is 1.73. The van der Waals surface area contributed by atoms with Crippen LogP contribution in [0.3, 0.4) is 0 Å². The Balaban J connectivity index is 1.70. The first kappa shape index (κ1) is 11.8. The molecule has 3 rings (SSSR count). The summed E-state index contributed by atoms with van der Waals surface area (Å²) in [6.07, 6.45) is 0. The molecular weight excluding hydrogens is 258 g/mol. The molecule has 0 fully saturated rings. The van der Waals surface area contributed by atoms with Crippen LogP contribution in [-0.4, -0.2) is 12.1 Å². The van der Waals surface area contributed by atoms with Gasteiger partial charge >= 0.3 is 0 Å². The number of anilines is 2. The Morgan fingerprint density at radius 2 is 1.79 bits per heavy atom. The number of ether oxygens (including phenoxy) is 1. The van der Waals surface area contributed by atoms with Gasteiger partial charge in [0.05, 0.1) is 23.0 Å². The molecule has 0 saturated heterocycles. The van der Waals surface area contributed by atoms with Crippen LogP contribution in [0.4, 0.5) is 10.8 Å². The van der Waals surface area contributed by atoms with Crippen LogP contribution in [0.2, 0.25) is 0 Å². The normalized spacial score (nSPS) is 10.4. The highest BCUT2D eigenvalue weighted by Crippen LogP contribution is 2.25. The molecule has 0 radical (unpaired) electrons. The largest absolute Gasteiger partial charge is 0.497 e. The minimum Gasteiger partial charge on any atom is -0.497 e. The average Bonchev–Trinajstić information content (AvgIpc) is 2.88. The first-order valence-electron chi connectivity index (χ1n) is 5.87. The van der Waals surface area contributed by atoms with Gasteiger partial charge in [0.15, 0.2) is 0 Å². The fraction of sp³-hybridized carbons (Fsp3) is 0.0714. The van der Waals surface area contributed by atoms with Crippen LogP contribution in [0.15, 0.2) is 48.5 Å². The van der Waals surface area contributed by atoms with Crippen molar-refractivity contribution in [1.29, 1.82) is 0 Å². The number of nitrogens with one attached hydrogen (secondary N) is 2. The maximum Gasteiger partial charge on any atom is 0.202 e. The molecule has 0 bridgehead atoms. The highest BCUT2D eigenvalue weighted by molar-refractivity contribution is 7.22. The number of benzene rings is 2. The Hall–Kier alpha value is -2.27. The lowest BCUT2D eigenvalue weighted by molar-refractivity contribution is 0.415. The first-order chi connectivity index (χ1) is 9.35. The molecule has 5 heteroatoms. The molecule has 0 atom stereocenters. The number of hydrazine groups is 1. The molecule has 3 aromatic rings. The predicted molar refractivity (Wildman–Crippen MR) is 79.9 cm³/mol. The number of nitrogens with zero attached hydrogens (tertiary/aromatic N) is 1. The molecule has 2 aromatic carbocycles. The summed E-state index contributed by atoms with van der Waals surface area (Å²) in [5, 5.41) is 0.844. The summed E-state index contributed by atoms with van der Waals surface area (Å²) in [5.74, 6) is 0.838. The summed E-state index contributed by atoms with van der Waals surface area (Å²) in [6.45, 7) is 0. The van der Waals surface area contributed by atoms with Crippen LogP contribution < -0.4 is 15.6 Å². The zero-order valence-corrected chi connectivity index (χ0v) is 11.2. The molecule has 0 aliphatic rings. The van der Waals surface area contributed by atoms with Gasteiger partial charge < -0.3 is 4.74 Å². The zero-order valence-electron chi connectivity index (χ0n) is 10.4. The molecule has 96 valence electrons. The molecular formula is C14H13N3OS. The van der Waals surface area contributed by atoms with Crippen molar-refractivity contribution >= 4 is 32.4 Å². The lowest BCUT2D eigenvalue weighted by atomic mass is 10.3. The second-order valence-corrected chi connectivity index (χ2v) is 5.00. The van der Waals surface area contributed by atoms with Gasteiger partial charge in [-0.3, -0.25) is 10.9 Å². The predicted octanol–water partition coefficient (Wildman–Crippen LogP) is 3.74. The summed E-state index contributed by atoms with van der Waals surface area (Å²) >= 11 is 1.61. The van der Waals surface area contributed by atoms with E-state index in [1.807, 2.05) is 42.5 Å². The fourth-order valence-corrected chi connectivity index (χ4v) is 2.54. The Labute approximate surface area is 115 Å². The van der Waals surface area contributed by atoms with E-state index in [4.69, 9.17) is 4.74 Å². The molecule has 0 saturated carbocycles. The molecule has 0 spiro atoms. The third-order valence-corrected chi connectivity index (χ3v) is 3.65. The van der Waals surface area contributed by atoms with Gasteiger partial charge in [-0.1, -0.05) is 23.5 Å². The summed E-state index contributed by atoms with van der Waals surface area (Å²) in [7, 11) is 1.65. The van der Waals surface area contributed by atoms with Crippen LogP contribution in [0.1, 0.15) is 0 Å². The van der Waals surface area contributed by atoms with Crippen molar-refractivity contribution in [2.24, 2.45) is 0 Å². The van der Waals surface area contributed by atoms with E-state index in [2.05, 4.69) is 21.9 Å². The Kier molecular flexibility index (Phi) is 3.20. The maximum absolute atomic E-state index is 5.11. The topological polar surface area (TPSA) is 46.2 Å². The van der Waals surface area contributed by atoms with Crippen LogP contribution in [0, 0.1) is 0 Å². The van der Waals surface area contributed by atoms with E-state index in [1.54, 1.807) is 18.4 Å². The summed E-state index contributed by atoms with van der Waals surface area (Å²) < 4.78 is 6.28. The number of methoxy groups -OCH3 is 1. The third-order valence-electron chi connectivity index (χ3n) is 2.70. The van der Waals surface area contributed by atoms with Gasteiger partial charge in [0, 0.05) is 0 Å². The zero-order chi connectivity index (χ0) is 13.1. The number of thiazole rings is 1. The van der Waals surface area contributed by atoms with E-state index >= 15 is 0 Å². The lowest BCUT2D eigenvalue weighted by Crippen LogP contribution is -2.07. The maximum atomic E-state index is 5.11. The van der Waals surface area contributed by atoms with Gasteiger partial charge in [-0.2, -0.15) is 0 Å². The molecule has 1 heterocycles. The molecule has 0 amide bonds. The monoisotopic (exact) mass is 271 g/mol. The van der Waals surface area contributed by atoms with E-state index in [0.717, 1.165) is 22.1 Å². The van der Waals surface area contributed by atoms with Crippen molar-refractivity contribution in [3.05, 3.63) is 48.5 Å². The molecule has 0 unspecified atom stereocenters. The van der Waals surface area contributed by atoms with Crippen molar-refractivity contribution in [3.8, 4) is 5.75 Å². The van der Waals surface area contributed by atoms with E-state index < -0.39 is 0 Å². The minimum atomic E-state index is 0.838. The van der Waals surface area contributed by atoms with E-state index in [9.17, 15) is 0 Å². The van der Waals surface area contributed by atoms with E-state index in [0.29, 0.717) is 0 Å². The summed E-state index contributed by atoms with van der Waals surface area (Å²) in [5.41, 5.74) is 8.18. The number of aromatic nitrogens is 1. The quantitative estimate of drug-likeness (QED) is 0.709. The van der Waals surface area contributed by atoms with E-state index in [-0.39, 0.29) is 0 Å². The number of fused-ring (bicyclic) bond motifs is 1. The lowest BCUT2D eigenvalue weighted by Gasteiger charge is -2.07. The van der Waals surface area contributed by atoms with Crippen LogP contribution >= 0.6 is 11.3 Å². The van der Waals surface area contributed by atoms with Gasteiger partial charge in [0.2, 0.25) is 5.13 Å². The Morgan fingerprint density at radius 1 is 1.00 bits per heavy atom. The molecule has 19 heavy (non-hydrogen) atoms.